The molecule has 0 spiro atoms. The number of ether oxygens (including phenoxy) is 1. The van der Waals surface area contributed by atoms with Crippen LogP contribution in [0.1, 0.15) is 36.0 Å². The number of esters is 1. The number of carbonyl (C=O) groups is 1. The van der Waals surface area contributed by atoms with Crippen molar-refractivity contribution >= 4 is 25.6 Å². The second-order valence-electron chi connectivity index (χ2n) is 9.96. The summed E-state index contributed by atoms with van der Waals surface area (Å²) in [6, 6.07) is 11.9. The molecule has 40 heavy (non-hydrogen) atoms. The molecule has 0 amide bonds. The van der Waals surface area contributed by atoms with E-state index in [4.69, 9.17) is 4.74 Å². The Morgan fingerprint density at radius 1 is 1.05 bits per heavy atom. The molecule has 1 heterocycles. The van der Waals surface area contributed by atoms with Crippen LogP contribution >= 0.6 is 0 Å². The molecule has 1 aliphatic carbocycles. The van der Waals surface area contributed by atoms with E-state index in [9.17, 15) is 34.8 Å². The summed E-state index contributed by atoms with van der Waals surface area (Å²) >= 11 is 0. The lowest BCUT2D eigenvalue weighted by Crippen LogP contribution is -2.36. The molecule has 4 rings (SSSR count). The van der Waals surface area contributed by atoms with Crippen LogP contribution in [0, 0.1) is 5.82 Å². The molecule has 216 valence electrons. The summed E-state index contributed by atoms with van der Waals surface area (Å²) in [5, 5.41) is -1.29. The maximum absolute atomic E-state index is 15.4. The normalized spacial score (nSPS) is 20.4. The number of likely N-dealkylation sites (N-methyl/N-ethyl adjacent to an activating group) is 1. The van der Waals surface area contributed by atoms with Gasteiger partial charge in [0.25, 0.3) is 0 Å². The van der Waals surface area contributed by atoms with E-state index in [1.54, 1.807) is 7.05 Å². The first-order valence-electron chi connectivity index (χ1n) is 12.2. The summed E-state index contributed by atoms with van der Waals surface area (Å²) in [4.78, 5) is 14.7. The van der Waals surface area contributed by atoms with Gasteiger partial charge < -0.3 is 4.74 Å². The third kappa shape index (κ3) is 6.31. The second kappa shape index (κ2) is 11.1. The average Bonchev–Trinajstić information content (AvgIpc) is 2.81. The number of hydrogen-bond acceptors (Lipinski definition) is 7. The molecule has 1 atom stereocenters. The Kier molecular flexibility index (Phi) is 8.30. The lowest BCUT2D eigenvalue weighted by Gasteiger charge is -2.34. The fraction of sp³-hybridized carbons (Fsp3) is 0.370. The molecule has 0 aromatic heterocycles. The van der Waals surface area contributed by atoms with E-state index in [0.717, 1.165) is 17.7 Å². The molecule has 0 saturated heterocycles. The predicted molar refractivity (Wildman–Crippen MR) is 140 cm³/mol. The molecule has 0 N–H and O–H groups in total. The largest absolute Gasteiger partial charge is 0.461 e. The van der Waals surface area contributed by atoms with Crippen LogP contribution in [-0.4, -0.2) is 58.7 Å². The fourth-order valence-electron chi connectivity index (χ4n) is 5.14. The molecular formula is C27H27F4NO6S2. The molecule has 0 radical (unpaired) electrons. The molecule has 2 aromatic rings. The van der Waals surface area contributed by atoms with Gasteiger partial charge in [-0.1, -0.05) is 48.0 Å². The summed E-state index contributed by atoms with van der Waals surface area (Å²) in [6.45, 7) is 2.11. The minimum atomic E-state index is -5.09. The van der Waals surface area contributed by atoms with Gasteiger partial charge in [0.1, 0.15) is 12.4 Å². The van der Waals surface area contributed by atoms with Gasteiger partial charge in [-0.2, -0.15) is 13.2 Å². The molecule has 0 fully saturated rings. The van der Waals surface area contributed by atoms with Gasteiger partial charge in [0.05, 0.1) is 22.1 Å². The number of halogens is 4. The van der Waals surface area contributed by atoms with Gasteiger partial charge >= 0.3 is 12.1 Å². The Bertz CT molecular complexity index is 1600. The number of rotatable bonds is 7. The van der Waals surface area contributed by atoms with Crippen LogP contribution in [0.15, 0.2) is 70.2 Å². The summed E-state index contributed by atoms with van der Waals surface area (Å²) in [6.07, 6.45) is -5.33. The fourth-order valence-corrected chi connectivity index (χ4v) is 9.94. The van der Waals surface area contributed by atoms with Crippen LogP contribution in [0.25, 0.3) is 0 Å². The van der Waals surface area contributed by atoms with Crippen molar-refractivity contribution < 1.29 is 43.9 Å². The van der Waals surface area contributed by atoms with Gasteiger partial charge in [-0.05, 0) is 37.6 Å². The molecule has 2 aliphatic rings. The summed E-state index contributed by atoms with van der Waals surface area (Å²) in [5.74, 6) is -5.20. The Hall–Kier alpha value is -3.03. The first kappa shape index (κ1) is 29.9. The molecule has 0 bridgehead atoms. The van der Waals surface area contributed by atoms with Crippen molar-refractivity contribution in [1.29, 1.82) is 0 Å². The van der Waals surface area contributed by atoms with Crippen molar-refractivity contribution in [2.75, 3.05) is 31.0 Å². The number of sulfone groups is 2. The molecule has 0 saturated carbocycles. The van der Waals surface area contributed by atoms with E-state index < -0.39 is 70.4 Å². The molecule has 7 nitrogen and oxygen atoms in total. The standard InChI is InChI=1S/C27H27F4NO6S2/c1-17-13-19-15-39(34,35)16-40(36,37)25(19)23(20-9-6-10-21(24(20)28)27(29,30)31)22(17)26(33)38-12-11-32(2)14-18-7-4-3-5-8-18/h3-10,23H,11-16H2,1-2H3. The van der Waals surface area contributed by atoms with Crippen LogP contribution in [0.3, 0.4) is 0 Å². The van der Waals surface area contributed by atoms with Gasteiger partial charge in [-0.15, -0.1) is 0 Å². The maximum atomic E-state index is 15.4. The molecule has 1 unspecified atom stereocenters. The zero-order valence-electron chi connectivity index (χ0n) is 21.7. The van der Waals surface area contributed by atoms with Gasteiger partial charge in [-0.25, -0.2) is 26.0 Å². The highest BCUT2D eigenvalue weighted by atomic mass is 32.3. The van der Waals surface area contributed by atoms with Crippen molar-refractivity contribution in [3.63, 3.8) is 0 Å². The lowest BCUT2D eigenvalue weighted by molar-refractivity contribution is -0.140. The topological polar surface area (TPSA) is 97.8 Å². The van der Waals surface area contributed by atoms with Gasteiger partial charge in [-0.3, -0.25) is 4.90 Å². The van der Waals surface area contributed by atoms with E-state index >= 15 is 4.39 Å². The smallest absolute Gasteiger partial charge is 0.419 e. The van der Waals surface area contributed by atoms with Crippen LogP contribution < -0.4 is 0 Å². The summed E-state index contributed by atoms with van der Waals surface area (Å²) in [5.41, 5.74) is -1.53. The van der Waals surface area contributed by atoms with Crippen molar-refractivity contribution in [3.05, 3.63) is 92.7 Å². The van der Waals surface area contributed by atoms with E-state index in [2.05, 4.69) is 0 Å². The molecule has 2 aromatic carbocycles. The Morgan fingerprint density at radius 3 is 2.38 bits per heavy atom. The van der Waals surface area contributed by atoms with Crippen molar-refractivity contribution in [3.8, 4) is 0 Å². The van der Waals surface area contributed by atoms with E-state index in [1.165, 1.54) is 6.92 Å². The van der Waals surface area contributed by atoms with Crippen LogP contribution in [0.2, 0.25) is 0 Å². The minimum absolute atomic E-state index is 0.0929. The third-order valence-corrected chi connectivity index (χ3v) is 11.4. The van der Waals surface area contributed by atoms with Crippen molar-refractivity contribution in [2.24, 2.45) is 0 Å². The zero-order chi connectivity index (χ0) is 29.5. The molecule has 13 heteroatoms. The highest BCUT2D eigenvalue weighted by molar-refractivity contribution is 8.10. The predicted octanol–water partition coefficient (Wildman–Crippen LogP) is 4.38. The van der Waals surface area contributed by atoms with Crippen LogP contribution in [0.5, 0.6) is 0 Å². The van der Waals surface area contributed by atoms with Crippen LogP contribution in [0.4, 0.5) is 17.6 Å². The van der Waals surface area contributed by atoms with E-state index in [1.807, 2.05) is 35.2 Å². The number of benzene rings is 2. The van der Waals surface area contributed by atoms with Crippen molar-refractivity contribution in [1.82, 2.24) is 4.90 Å². The maximum Gasteiger partial charge on any atom is 0.419 e. The van der Waals surface area contributed by atoms with E-state index in [-0.39, 0.29) is 36.3 Å². The minimum Gasteiger partial charge on any atom is -0.461 e. The Labute approximate surface area is 230 Å². The highest BCUT2D eigenvalue weighted by Crippen LogP contribution is 2.48. The van der Waals surface area contributed by atoms with Gasteiger partial charge in [0, 0.05) is 24.2 Å². The zero-order valence-corrected chi connectivity index (χ0v) is 23.3. The van der Waals surface area contributed by atoms with E-state index in [0.29, 0.717) is 12.6 Å². The second-order valence-corrected chi connectivity index (χ2v) is 14.3. The number of hydrogen-bond donors (Lipinski definition) is 0. The van der Waals surface area contributed by atoms with Crippen molar-refractivity contribution in [2.45, 2.75) is 32.0 Å². The van der Waals surface area contributed by atoms with Gasteiger partial charge in [0.2, 0.25) is 0 Å². The SMILES string of the molecule is CC1=C(C(=O)OCCN(C)Cc2ccccc2)C(c2cccc(C(F)(F)F)c2F)C2=C(C1)CS(=O)(=O)CS2(=O)=O. The quantitative estimate of drug-likeness (QED) is 0.343. The lowest BCUT2D eigenvalue weighted by atomic mass is 9.79. The molecular weight excluding hydrogens is 574 g/mol. The summed E-state index contributed by atoms with van der Waals surface area (Å²) in [7, 11) is -6.91. The Morgan fingerprint density at radius 2 is 1.73 bits per heavy atom. The highest BCUT2D eigenvalue weighted by Gasteiger charge is 2.47. The van der Waals surface area contributed by atoms with Gasteiger partial charge in [0.15, 0.2) is 24.8 Å². The molecule has 1 aliphatic heterocycles. The summed E-state index contributed by atoms with van der Waals surface area (Å²) < 4.78 is 113. The third-order valence-electron chi connectivity index (χ3n) is 6.77. The number of carbonyl (C=O) groups excluding carboxylic acids is 1. The average molecular weight is 602 g/mol. The number of alkyl halides is 3. The first-order chi connectivity index (χ1) is 18.6. The number of allylic oxidation sites excluding steroid dienone is 2. The number of nitrogens with zero attached hydrogens (tertiary/aromatic N) is 1. The monoisotopic (exact) mass is 601 g/mol. The first-order valence-corrected chi connectivity index (χ1v) is 15.7. The van der Waals surface area contributed by atoms with Crippen LogP contribution in [-0.2, 0) is 41.9 Å². The Balaban J connectivity index is 1.71.